The lowest BCUT2D eigenvalue weighted by Gasteiger charge is -2.09. The minimum absolute atomic E-state index is 0.300. The normalized spacial score (nSPS) is 11.2. The number of nitrogens with zero attached hydrogens (tertiary/aromatic N) is 3. The van der Waals surface area contributed by atoms with E-state index in [2.05, 4.69) is 30.8 Å². The lowest BCUT2D eigenvalue weighted by molar-refractivity contribution is 0.0765. The van der Waals surface area contributed by atoms with Crippen molar-refractivity contribution in [2.75, 3.05) is 30.8 Å². The summed E-state index contributed by atoms with van der Waals surface area (Å²) in [7, 11) is 1.80. The van der Waals surface area contributed by atoms with Crippen LogP contribution < -0.4 is 10.6 Å². The summed E-state index contributed by atoms with van der Waals surface area (Å²) in [6, 6.07) is 0. The second-order valence-corrected chi connectivity index (χ2v) is 4.83. The number of aromatic amines is 1. The molecular formula is C13H22N6O. The van der Waals surface area contributed by atoms with E-state index in [9.17, 15) is 0 Å². The number of hydrogen-bond acceptors (Lipinski definition) is 6. The Hall–Kier alpha value is -1.89. The Morgan fingerprint density at radius 3 is 2.90 bits per heavy atom. The first-order valence-corrected chi connectivity index (χ1v) is 6.95. The van der Waals surface area contributed by atoms with Crippen molar-refractivity contribution in [3.8, 4) is 0 Å². The van der Waals surface area contributed by atoms with E-state index >= 15 is 0 Å². The standard InChI is InChI=1S/C13H22N6O/c1-9(2)20-7-5-4-6-15-11-10-8-16-19-12(10)18-13(14-3)17-11/h8-9H,4-7H2,1-3H3,(H3,14,15,16,17,18,19). The van der Waals surface area contributed by atoms with Gasteiger partial charge >= 0.3 is 0 Å². The minimum Gasteiger partial charge on any atom is -0.379 e. The molecule has 0 fully saturated rings. The highest BCUT2D eigenvalue weighted by Gasteiger charge is 2.08. The summed E-state index contributed by atoms with van der Waals surface area (Å²) in [4.78, 5) is 8.70. The van der Waals surface area contributed by atoms with Gasteiger partial charge in [-0.15, -0.1) is 0 Å². The number of aromatic nitrogens is 4. The molecule has 7 nitrogen and oxygen atoms in total. The molecule has 2 aromatic rings. The van der Waals surface area contributed by atoms with Gasteiger partial charge < -0.3 is 15.4 Å². The van der Waals surface area contributed by atoms with Crippen LogP contribution in [-0.4, -0.2) is 46.5 Å². The zero-order chi connectivity index (χ0) is 14.4. The molecule has 0 aliphatic heterocycles. The number of fused-ring (bicyclic) bond motifs is 1. The fraction of sp³-hybridized carbons (Fsp3) is 0.615. The molecule has 7 heteroatoms. The average Bonchev–Trinajstić information content (AvgIpc) is 2.90. The largest absolute Gasteiger partial charge is 0.379 e. The van der Waals surface area contributed by atoms with E-state index in [1.165, 1.54) is 0 Å². The summed E-state index contributed by atoms with van der Waals surface area (Å²) in [5, 5.41) is 14.0. The summed E-state index contributed by atoms with van der Waals surface area (Å²) >= 11 is 0. The predicted octanol–water partition coefficient (Wildman–Crippen LogP) is 2.01. The van der Waals surface area contributed by atoms with E-state index in [1.807, 2.05) is 13.8 Å². The zero-order valence-corrected chi connectivity index (χ0v) is 12.2. The molecule has 0 bridgehead atoms. The van der Waals surface area contributed by atoms with E-state index in [0.29, 0.717) is 12.1 Å². The second-order valence-electron chi connectivity index (χ2n) is 4.83. The van der Waals surface area contributed by atoms with Crippen LogP contribution in [0.25, 0.3) is 11.0 Å². The number of rotatable bonds is 8. The highest BCUT2D eigenvalue weighted by molar-refractivity contribution is 5.86. The van der Waals surface area contributed by atoms with Gasteiger partial charge in [-0.3, -0.25) is 5.10 Å². The minimum atomic E-state index is 0.300. The third-order valence-corrected chi connectivity index (χ3v) is 2.85. The van der Waals surface area contributed by atoms with E-state index in [4.69, 9.17) is 4.74 Å². The van der Waals surface area contributed by atoms with Gasteiger partial charge in [0.15, 0.2) is 5.65 Å². The Labute approximate surface area is 118 Å². The Morgan fingerprint density at radius 1 is 1.30 bits per heavy atom. The molecule has 0 aliphatic carbocycles. The fourth-order valence-corrected chi connectivity index (χ4v) is 1.83. The Bertz CT molecular complexity index is 539. The fourth-order valence-electron chi connectivity index (χ4n) is 1.83. The number of nitrogens with one attached hydrogen (secondary N) is 3. The van der Waals surface area contributed by atoms with Gasteiger partial charge in [0, 0.05) is 20.2 Å². The third-order valence-electron chi connectivity index (χ3n) is 2.85. The monoisotopic (exact) mass is 278 g/mol. The lowest BCUT2D eigenvalue weighted by Crippen LogP contribution is -2.09. The maximum Gasteiger partial charge on any atom is 0.226 e. The second kappa shape index (κ2) is 7.04. The molecule has 0 aliphatic rings. The molecule has 20 heavy (non-hydrogen) atoms. The summed E-state index contributed by atoms with van der Waals surface area (Å²) < 4.78 is 5.51. The molecule has 0 radical (unpaired) electrons. The molecule has 0 atom stereocenters. The van der Waals surface area contributed by atoms with Crippen LogP contribution in [0.2, 0.25) is 0 Å². The van der Waals surface area contributed by atoms with Gasteiger partial charge in [-0.25, -0.2) is 0 Å². The quantitative estimate of drug-likeness (QED) is 0.640. The van der Waals surface area contributed by atoms with Gasteiger partial charge in [-0.1, -0.05) is 0 Å². The average molecular weight is 278 g/mol. The molecule has 2 aromatic heterocycles. The van der Waals surface area contributed by atoms with Crippen molar-refractivity contribution >= 4 is 22.8 Å². The maximum absolute atomic E-state index is 5.51. The number of ether oxygens (including phenoxy) is 1. The highest BCUT2D eigenvalue weighted by Crippen LogP contribution is 2.19. The van der Waals surface area contributed by atoms with Crippen molar-refractivity contribution in [2.24, 2.45) is 0 Å². The molecule has 0 aromatic carbocycles. The van der Waals surface area contributed by atoms with Crippen molar-refractivity contribution in [3.05, 3.63) is 6.20 Å². The molecular weight excluding hydrogens is 256 g/mol. The molecule has 0 amide bonds. The van der Waals surface area contributed by atoms with Crippen LogP contribution in [0.1, 0.15) is 26.7 Å². The highest BCUT2D eigenvalue weighted by atomic mass is 16.5. The van der Waals surface area contributed by atoms with Gasteiger partial charge in [0.05, 0.1) is 17.7 Å². The number of anilines is 2. The molecule has 3 N–H and O–H groups in total. The summed E-state index contributed by atoms with van der Waals surface area (Å²) in [5.74, 6) is 1.38. The number of unbranched alkanes of at least 4 members (excludes halogenated alkanes) is 1. The van der Waals surface area contributed by atoms with E-state index < -0.39 is 0 Å². The first-order chi connectivity index (χ1) is 9.70. The van der Waals surface area contributed by atoms with Gasteiger partial charge in [0.1, 0.15) is 5.82 Å². The molecule has 2 rings (SSSR count). The van der Waals surface area contributed by atoms with Gasteiger partial charge in [-0.2, -0.15) is 15.1 Å². The molecule has 110 valence electrons. The lowest BCUT2D eigenvalue weighted by atomic mass is 10.3. The molecule has 2 heterocycles. The Morgan fingerprint density at radius 2 is 2.15 bits per heavy atom. The third kappa shape index (κ3) is 3.80. The molecule has 0 saturated carbocycles. The van der Waals surface area contributed by atoms with Gasteiger partial charge in [0.2, 0.25) is 5.95 Å². The van der Waals surface area contributed by atoms with Crippen LogP contribution in [0.4, 0.5) is 11.8 Å². The van der Waals surface area contributed by atoms with Crippen LogP contribution in [0.5, 0.6) is 0 Å². The smallest absolute Gasteiger partial charge is 0.226 e. The van der Waals surface area contributed by atoms with Crippen molar-refractivity contribution in [2.45, 2.75) is 32.8 Å². The van der Waals surface area contributed by atoms with Crippen LogP contribution in [0.15, 0.2) is 6.20 Å². The summed E-state index contributed by atoms with van der Waals surface area (Å²) in [5.41, 5.74) is 0.731. The Kier molecular flexibility index (Phi) is 5.11. The van der Waals surface area contributed by atoms with Crippen molar-refractivity contribution in [1.82, 2.24) is 20.2 Å². The molecule has 0 spiro atoms. The van der Waals surface area contributed by atoms with Crippen LogP contribution >= 0.6 is 0 Å². The van der Waals surface area contributed by atoms with Crippen LogP contribution in [-0.2, 0) is 4.74 Å². The van der Waals surface area contributed by atoms with Gasteiger partial charge in [-0.05, 0) is 26.7 Å². The van der Waals surface area contributed by atoms with E-state index in [-0.39, 0.29) is 0 Å². The number of H-pyrrole nitrogens is 1. The SMILES string of the molecule is CNc1nc(NCCCCOC(C)C)c2cn[nH]c2n1. The first-order valence-electron chi connectivity index (χ1n) is 6.95. The zero-order valence-electron chi connectivity index (χ0n) is 12.2. The Balaban J connectivity index is 1.87. The number of hydrogen-bond donors (Lipinski definition) is 3. The van der Waals surface area contributed by atoms with Crippen molar-refractivity contribution < 1.29 is 4.74 Å². The van der Waals surface area contributed by atoms with Crippen LogP contribution in [0, 0.1) is 0 Å². The predicted molar refractivity (Wildman–Crippen MR) is 80.0 cm³/mol. The van der Waals surface area contributed by atoms with Crippen molar-refractivity contribution in [1.29, 1.82) is 0 Å². The van der Waals surface area contributed by atoms with E-state index in [1.54, 1.807) is 13.2 Å². The van der Waals surface area contributed by atoms with Crippen LogP contribution in [0.3, 0.4) is 0 Å². The summed E-state index contributed by atoms with van der Waals surface area (Å²) in [6.07, 6.45) is 4.10. The topological polar surface area (TPSA) is 87.8 Å². The van der Waals surface area contributed by atoms with Crippen molar-refractivity contribution in [3.63, 3.8) is 0 Å². The first kappa shape index (κ1) is 14.5. The maximum atomic E-state index is 5.51. The molecule has 0 unspecified atom stereocenters. The van der Waals surface area contributed by atoms with Gasteiger partial charge in [0.25, 0.3) is 0 Å². The van der Waals surface area contributed by atoms with E-state index in [0.717, 1.165) is 42.8 Å². The summed E-state index contributed by atoms with van der Waals surface area (Å²) in [6.45, 7) is 5.75. The molecule has 0 saturated heterocycles.